The highest BCUT2D eigenvalue weighted by atomic mass is 32.2. The largest absolute Gasteiger partial charge is 0.748 e. The Labute approximate surface area is 178 Å². The van der Waals surface area contributed by atoms with Crippen molar-refractivity contribution in [3.05, 3.63) is 0 Å². The molecule has 176 valence electrons. The Kier molecular flexibility index (Phi) is 15.4. The third-order valence-electron chi connectivity index (χ3n) is 4.57. The summed E-state index contributed by atoms with van der Waals surface area (Å²) in [7, 11) is -4.44. The minimum absolute atomic E-state index is 0.0822. The summed E-state index contributed by atoms with van der Waals surface area (Å²) in [6.45, 7) is 14.9. The van der Waals surface area contributed by atoms with Crippen molar-refractivity contribution in [2.45, 2.75) is 73.0 Å². The molecule has 0 aliphatic carbocycles. The number of rotatable bonds is 18. The van der Waals surface area contributed by atoms with Crippen molar-refractivity contribution in [2.24, 2.45) is 23.7 Å². The zero-order valence-electron chi connectivity index (χ0n) is 19.1. The Hall–Kier alpha value is -0.250. The molecule has 0 saturated carbocycles. The van der Waals surface area contributed by atoms with Gasteiger partial charge in [0.15, 0.2) is 0 Å². The van der Waals surface area contributed by atoms with Gasteiger partial charge >= 0.3 is 0 Å². The highest BCUT2D eigenvalue weighted by Crippen LogP contribution is 2.24. The summed E-state index contributed by atoms with van der Waals surface area (Å²) in [6, 6.07) is 0. The maximum absolute atomic E-state index is 10.5. The molecule has 0 radical (unpaired) electrons. The lowest BCUT2D eigenvalue weighted by Crippen LogP contribution is -2.26. The molecule has 0 aromatic heterocycles. The highest BCUT2D eigenvalue weighted by Gasteiger charge is 2.14. The van der Waals surface area contributed by atoms with Crippen LogP contribution in [0, 0.1) is 23.7 Å². The van der Waals surface area contributed by atoms with Crippen molar-refractivity contribution in [3.8, 4) is 0 Å². The molecule has 0 aliphatic heterocycles. The summed E-state index contributed by atoms with van der Waals surface area (Å²) in [6.07, 6.45) is 2.31. The first-order valence-corrected chi connectivity index (χ1v) is 12.3. The molecule has 0 spiro atoms. The number of hydrogen-bond donors (Lipinski definition) is 1. The van der Waals surface area contributed by atoms with Gasteiger partial charge in [0.05, 0.1) is 54.5 Å². The van der Waals surface area contributed by atoms with Crippen LogP contribution in [0.15, 0.2) is 0 Å². The van der Waals surface area contributed by atoms with E-state index in [4.69, 9.17) is 14.2 Å². The standard InChI is InChI=1S/C21H44O7S/c1-16(2)9-17(3)10-18(4)11-19(5)12-27-13-20(6)28-8-7-26-14-21(22)15-29(23,24)25/h16-22H,7-15H2,1-6H3,(H,23,24,25)/p-1. The van der Waals surface area contributed by atoms with Gasteiger partial charge in [-0.3, -0.25) is 0 Å². The molecule has 0 fully saturated rings. The van der Waals surface area contributed by atoms with Crippen LogP contribution < -0.4 is 0 Å². The number of ether oxygens (including phenoxy) is 3. The molecule has 0 amide bonds. The summed E-state index contributed by atoms with van der Waals surface area (Å²) < 4.78 is 48.0. The molecule has 0 saturated heterocycles. The van der Waals surface area contributed by atoms with E-state index < -0.39 is 22.0 Å². The van der Waals surface area contributed by atoms with Crippen LogP contribution in [0.5, 0.6) is 0 Å². The fourth-order valence-corrected chi connectivity index (χ4v) is 4.30. The Morgan fingerprint density at radius 3 is 1.97 bits per heavy atom. The topological polar surface area (TPSA) is 105 Å². The number of hydrogen-bond acceptors (Lipinski definition) is 7. The van der Waals surface area contributed by atoms with Crippen LogP contribution in [0.3, 0.4) is 0 Å². The second-order valence-electron chi connectivity index (χ2n) is 9.09. The van der Waals surface area contributed by atoms with Crippen LogP contribution in [-0.4, -0.2) is 69.1 Å². The average Bonchev–Trinajstić information content (AvgIpc) is 2.51. The molecule has 29 heavy (non-hydrogen) atoms. The van der Waals surface area contributed by atoms with Crippen molar-refractivity contribution in [1.82, 2.24) is 0 Å². The maximum Gasteiger partial charge on any atom is 0.0972 e. The third kappa shape index (κ3) is 19.5. The van der Waals surface area contributed by atoms with Gasteiger partial charge in [-0.2, -0.15) is 0 Å². The molecule has 1 N–H and O–H groups in total. The Morgan fingerprint density at radius 1 is 0.793 bits per heavy atom. The first-order valence-electron chi connectivity index (χ1n) is 10.8. The fraction of sp³-hybridized carbons (Fsp3) is 1.00. The minimum atomic E-state index is -4.44. The maximum atomic E-state index is 10.5. The Balaban J connectivity index is 3.73. The number of aliphatic hydroxyl groups excluding tert-OH is 1. The molecular formula is C21H43O7S-. The first kappa shape index (κ1) is 28.8. The van der Waals surface area contributed by atoms with Crippen LogP contribution in [-0.2, 0) is 24.3 Å². The lowest BCUT2D eigenvalue weighted by Gasteiger charge is -2.22. The second kappa shape index (κ2) is 15.5. The van der Waals surface area contributed by atoms with E-state index in [2.05, 4.69) is 34.6 Å². The first-order chi connectivity index (χ1) is 13.4. The summed E-state index contributed by atoms with van der Waals surface area (Å²) in [5.74, 6) is 1.88. The Bertz CT molecular complexity index is 495. The van der Waals surface area contributed by atoms with Crippen LogP contribution in [0.4, 0.5) is 0 Å². The van der Waals surface area contributed by atoms with Gasteiger partial charge in [0.2, 0.25) is 0 Å². The van der Waals surface area contributed by atoms with E-state index in [1.807, 2.05) is 6.92 Å². The van der Waals surface area contributed by atoms with Crippen LogP contribution in [0.1, 0.15) is 60.8 Å². The molecule has 0 aromatic rings. The molecule has 0 bridgehead atoms. The van der Waals surface area contributed by atoms with Gasteiger partial charge in [0.25, 0.3) is 0 Å². The zero-order valence-corrected chi connectivity index (χ0v) is 19.9. The number of aliphatic hydroxyl groups is 1. The third-order valence-corrected chi connectivity index (χ3v) is 5.37. The molecule has 0 aromatic carbocycles. The predicted octanol–water partition coefficient (Wildman–Crippen LogP) is 3.07. The van der Waals surface area contributed by atoms with Gasteiger partial charge in [-0.25, -0.2) is 8.42 Å². The highest BCUT2D eigenvalue weighted by molar-refractivity contribution is 7.85. The van der Waals surface area contributed by atoms with E-state index >= 15 is 0 Å². The van der Waals surface area contributed by atoms with Gasteiger partial charge in [-0.15, -0.1) is 0 Å². The van der Waals surface area contributed by atoms with E-state index in [0.717, 1.165) is 18.3 Å². The SMILES string of the molecule is CC(C)CC(C)CC(C)CC(C)COCC(C)OCCOCC(O)CS(=O)(=O)[O-]. The van der Waals surface area contributed by atoms with E-state index in [-0.39, 0.29) is 19.3 Å². The predicted molar refractivity (Wildman–Crippen MR) is 114 cm³/mol. The van der Waals surface area contributed by atoms with Gasteiger partial charge in [0.1, 0.15) is 0 Å². The monoisotopic (exact) mass is 439 g/mol. The molecule has 0 rings (SSSR count). The van der Waals surface area contributed by atoms with E-state index in [9.17, 15) is 18.1 Å². The van der Waals surface area contributed by atoms with Crippen LogP contribution in [0.25, 0.3) is 0 Å². The smallest absolute Gasteiger partial charge is 0.0972 e. The van der Waals surface area contributed by atoms with Crippen molar-refractivity contribution < 1.29 is 32.3 Å². The lowest BCUT2D eigenvalue weighted by molar-refractivity contribution is -0.0436. The molecule has 5 unspecified atom stereocenters. The van der Waals surface area contributed by atoms with E-state index in [0.29, 0.717) is 31.7 Å². The van der Waals surface area contributed by atoms with Crippen molar-refractivity contribution in [1.29, 1.82) is 0 Å². The lowest BCUT2D eigenvalue weighted by atomic mass is 9.86. The van der Waals surface area contributed by atoms with Crippen molar-refractivity contribution in [3.63, 3.8) is 0 Å². The van der Waals surface area contributed by atoms with Gasteiger partial charge in [0, 0.05) is 6.61 Å². The molecule has 0 aliphatic rings. The van der Waals surface area contributed by atoms with Gasteiger partial charge in [-0.05, 0) is 49.9 Å². The summed E-state index contributed by atoms with van der Waals surface area (Å²) in [5, 5.41) is 9.35. The minimum Gasteiger partial charge on any atom is -0.748 e. The van der Waals surface area contributed by atoms with E-state index in [1.165, 1.54) is 12.8 Å². The van der Waals surface area contributed by atoms with Gasteiger partial charge in [-0.1, -0.05) is 34.6 Å². The van der Waals surface area contributed by atoms with Crippen molar-refractivity contribution >= 4 is 10.1 Å². The molecule has 5 atom stereocenters. The average molecular weight is 440 g/mol. The Morgan fingerprint density at radius 2 is 1.38 bits per heavy atom. The second-order valence-corrected chi connectivity index (χ2v) is 10.5. The summed E-state index contributed by atoms with van der Waals surface area (Å²) in [4.78, 5) is 0. The van der Waals surface area contributed by atoms with Crippen LogP contribution >= 0.6 is 0 Å². The molecule has 0 heterocycles. The summed E-state index contributed by atoms with van der Waals surface area (Å²) in [5.41, 5.74) is 0. The van der Waals surface area contributed by atoms with Crippen molar-refractivity contribution in [2.75, 3.05) is 38.8 Å². The molecular weight excluding hydrogens is 396 g/mol. The zero-order chi connectivity index (χ0) is 22.4. The van der Waals surface area contributed by atoms with Gasteiger partial charge < -0.3 is 23.9 Å². The quantitative estimate of drug-likeness (QED) is 0.258. The summed E-state index contributed by atoms with van der Waals surface area (Å²) >= 11 is 0. The van der Waals surface area contributed by atoms with Crippen LogP contribution in [0.2, 0.25) is 0 Å². The molecule has 7 nitrogen and oxygen atoms in total. The van der Waals surface area contributed by atoms with E-state index in [1.54, 1.807) is 0 Å². The normalized spacial score (nSPS) is 17.8. The fourth-order valence-electron chi connectivity index (χ4n) is 3.73. The molecule has 8 heteroatoms.